The molecule has 0 saturated heterocycles. The molecule has 1 heterocycles. The predicted molar refractivity (Wildman–Crippen MR) is 78.2 cm³/mol. The molecule has 0 spiro atoms. The minimum absolute atomic E-state index is 0.0828. The minimum Gasteiger partial charge on any atom is -0.384 e. The summed E-state index contributed by atoms with van der Waals surface area (Å²) < 4.78 is 0. The summed E-state index contributed by atoms with van der Waals surface area (Å²) in [6.45, 7) is 2.62. The van der Waals surface area contributed by atoms with Crippen molar-refractivity contribution in [3.63, 3.8) is 0 Å². The van der Waals surface area contributed by atoms with E-state index in [0.29, 0.717) is 22.2 Å². The van der Waals surface area contributed by atoms with Crippen LogP contribution in [0.4, 0.5) is 0 Å². The lowest BCUT2D eigenvalue weighted by atomic mass is 10.2. The molecule has 98 valence electrons. The van der Waals surface area contributed by atoms with Gasteiger partial charge in [-0.15, -0.1) is 11.3 Å². The number of rotatable bonds is 5. The smallest absolute Gasteiger partial charge is 0.262 e. The highest BCUT2D eigenvalue weighted by molar-refractivity contribution is 7.99. The van der Waals surface area contributed by atoms with Gasteiger partial charge < -0.3 is 10.4 Å². The fourth-order valence-electron chi connectivity index (χ4n) is 1.31. The second kappa shape index (κ2) is 8.20. The number of thiophene rings is 1. The summed E-state index contributed by atoms with van der Waals surface area (Å²) in [5, 5.41) is 13.9. The van der Waals surface area contributed by atoms with E-state index in [2.05, 4.69) is 30.3 Å². The van der Waals surface area contributed by atoms with Gasteiger partial charge in [0.05, 0.1) is 0 Å². The van der Waals surface area contributed by atoms with E-state index in [1.807, 2.05) is 5.38 Å². The van der Waals surface area contributed by atoms with Crippen LogP contribution in [0.2, 0.25) is 0 Å². The third kappa shape index (κ3) is 4.73. The largest absolute Gasteiger partial charge is 0.384 e. The molecule has 1 aromatic rings. The van der Waals surface area contributed by atoms with E-state index in [0.717, 1.165) is 6.42 Å². The Morgan fingerprint density at radius 1 is 1.67 bits per heavy atom. The van der Waals surface area contributed by atoms with Gasteiger partial charge in [0, 0.05) is 17.4 Å². The zero-order valence-corrected chi connectivity index (χ0v) is 12.2. The number of carbonyl (C=O) groups excluding carboxylic acids is 1. The molecule has 0 radical (unpaired) electrons. The van der Waals surface area contributed by atoms with Gasteiger partial charge in [-0.05, 0) is 24.1 Å². The summed E-state index contributed by atoms with van der Waals surface area (Å²) in [6.07, 6.45) is 3.02. The van der Waals surface area contributed by atoms with E-state index >= 15 is 0 Å². The Hall–Kier alpha value is -0.960. The van der Waals surface area contributed by atoms with Gasteiger partial charge in [0.1, 0.15) is 11.5 Å². The fourth-order valence-corrected chi connectivity index (χ4v) is 2.42. The highest BCUT2D eigenvalue weighted by Crippen LogP contribution is 2.15. The maximum absolute atomic E-state index is 11.9. The van der Waals surface area contributed by atoms with Gasteiger partial charge in [-0.3, -0.25) is 4.79 Å². The van der Waals surface area contributed by atoms with Crippen LogP contribution in [0.15, 0.2) is 11.4 Å². The van der Waals surface area contributed by atoms with Crippen LogP contribution in [-0.4, -0.2) is 35.7 Å². The summed E-state index contributed by atoms with van der Waals surface area (Å²) in [5.74, 6) is 5.26. The van der Waals surface area contributed by atoms with E-state index in [4.69, 9.17) is 5.11 Å². The first kappa shape index (κ1) is 15.1. The molecule has 0 aliphatic rings. The first-order chi connectivity index (χ1) is 8.69. The molecule has 5 heteroatoms. The molecule has 1 unspecified atom stereocenters. The predicted octanol–water partition coefficient (Wildman–Crippen LogP) is 1.96. The van der Waals surface area contributed by atoms with Crippen LogP contribution >= 0.6 is 23.1 Å². The van der Waals surface area contributed by atoms with Gasteiger partial charge in [-0.25, -0.2) is 0 Å². The maximum atomic E-state index is 11.9. The molecule has 0 fully saturated rings. The standard InChI is InChI=1S/C13H17NO2S2/c1-10(17-2)5-7-14-13(16)12-11(4-3-8-15)6-9-18-12/h6,9-10,15H,5,7-8H2,1-2H3,(H,14,16). The molecule has 0 saturated carbocycles. The molecule has 0 aliphatic heterocycles. The summed E-state index contributed by atoms with van der Waals surface area (Å²) in [5.41, 5.74) is 0.685. The molecule has 1 atom stereocenters. The lowest BCUT2D eigenvalue weighted by Gasteiger charge is -2.08. The van der Waals surface area contributed by atoms with Crippen molar-refractivity contribution in [2.24, 2.45) is 0 Å². The summed E-state index contributed by atoms with van der Waals surface area (Å²) in [6, 6.07) is 1.80. The molecule has 18 heavy (non-hydrogen) atoms. The van der Waals surface area contributed by atoms with Crippen molar-refractivity contribution in [2.75, 3.05) is 19.4 Å². The summed E-state index contributed by atoms with van der Waals surface area (Å²) >= 11 is 3.16. The van der Waals surface area contributed by atoms with Crippen molar-refractivity contribution in [3.05, 3.63) is 21.9 Å². The minimum atomic E-state index is -0.192. The number of hydrogen-bond acceptors (Lipinski definition) is 4. The Labute approximate surface area is 116 Å². The molecular formula is C13H17NO2S2. The molecule has 0 bridgehead atoms. The Morgan fingerprint density at radius 2 is 2.44 bits per heavy atom. The molecule has 1 amide bonds. The van der Waals surface area contributed by atoms with Crippen LogP contribution < -0.4 is 5.32 Å². The number of aliphatic hydroxyl groups excluding tert-OH is 1. The second-order valence-electron chi connectivity index (χ2n) is 3.71. The van der Waals surface area contributed by atoms with Crippen molar-refractivity contribution in [3.8, 4) is 11.8 Å². The van der Waals surface area contributed by atoms with E-state index in [9.17, 15) is 4.79 Å². The Balaban J connectivity index is 2.54. The van der Waals surface area contributed by atoms with Gasteiger partial charge in [0.25, 0.3) is 5.91 Å². The molecule has 2 N–H and O–H groups in total. The highest BCUT2D eigenvalue weighted by Gasteiger charge is 2.11. The number of aliphatic hydroxyl groups is 1. The molecule has 1 aromatic heterocycles. The molecule has 1 rings (SSSR count). The maximum Gasteiger partial charge on any atom is 0.262 e. The molecule has 3 nitrogen and oxygen atoms in total. The number of hydrogen-bond donors (Lipinski definition) is 2. The topological polar surface area (TPSA) is 49.3 Å². The van der Waals surface area contributed by atoms with Gasteiger partial charge in [-0.2, -0.15) is 11.8 Å². The Kier molecular flexibility index (Phi) is 6.88. The molecular weight excluding hydrogens is 266 g/mol. The third-order valence-corrected chi connectivity index (χ3v) is 4.37. The average molecular weight is 283 g/mol. The van der Waals surface area contributed by atoms with Crippen LogP contribution in [0.5, 0.6) is 0 Å². The van der Waals surface area contributed by atoms with Gasteiger partial charge in [-0.1, -0.05) is 18.8 Å². The number of carbonyl (C=O) groups is 1. The SMILES string of the molecule is CSC(C)CCNC(=O)c1sccc1C#CCO. The van der Waals surface area contributed by atoms with Gasteiger partial charge >= 0.3 is 0 Å². The first-order valence-electron chi connectivity index (χ1n) is 5.67. The zero-order chi connectivity index (χ0) is 13.4. The van der Waals surface area contributed by atoms with Crippen LogP contribution in [0.25, 0.3) is 0 Å². The van der Waals surface area contributed by atoms with E-state index in [1.54, 1.807) is 17.8 Å². The van der Waals surface area contributed by atoms with E-state index < -0.39 is 0 Å². The molecule has 0 aliphatic carbocycles. The van der Waals surface area contributed by atoms with Crippen molar-refractivity contribution >= 4 is 29.0 Å². The summed E-state index contributed by atoms with van der Waals surface area (Å²) in [7, 11) is 0. The summed E-state index contributed by atoms with van der Waals surface area (Å²) in [4.78, 5) is 12.5. The van der Waals surface area contributed by atoms with Gasteiger partial charge in [0.15, 0.2) is 0 Å². The monoisotopic (exact) mass is 283 g/mol. The third-order valence-electron chi connectivity index (χ3n) is 2.41. The Morgan fingerprint density at radius 3 is 3.11 bits per heavy atom. The van der Waals surface area contributed by atoms with Crippen LogP contribution in [0.3, 0.4) is 0 Å². The lowest BCUT2D eigenvalue weighted by Crippen LogP contribution is -2.25. The molecule has 0 aromatic carbocycles. The first-order valence-corrected chi connectivity index (χ1v) is 7.84. The van der Waals surface area contributed by atoms with Crippen molar-refractivity contribution in [2.45, 2.75) is 18.6 Å². The zero-order valence-electron chi connectivity index (χ0n) is 10.5. The second-order valence-corrected chi connectivity index (χ2v) is 5.91. The fraction of sp³-hybridized carbons (Fsp3) is 0.462. The highest BCUT2D eigenvalue weighted by atomic mass is 32.2. The average Bonchev–Trinajstić information content (AvgIpc) is 2.84. The van der Waals surface area contributed by atoms with Crippen molar-refractivity contribution in [1.29, 1.82) is 0 Å². The Bertz CT molecular complexity index is 445. The van der Waals surface area contributed by atoms with Crippen LogP contribution in [-0.2, 0) is 0 Å². The van der Waals surface area contributed by atoms with Crippen molar-refractivity contribution in [1.82, 2.24) is 5.32 Å². The lowest BCUT2D eigenvalue weighted by molar-refractivity contribution is 0.0957. The number of nitrogens with one attached hydrogen (secondary N) is 1. The van der Waals surface area contributed by atoms with Gasteiger partial charge in [0.2, 0.25) is 0 Å². The quantitative estimate of drug-likeness (QED) is 0.812. The van der Waals surface area contributed by atoms with Crippen molar-refractivity contribution < 1.29 is 9.90 Å². The van der Waals surface area contributed by atoms with E-state index in [1.165, 1.54) is 11.3 Å². The van der Waals surface area contributed by atoms with Crippen LogP contribution in [0.1, 0.15) is 28.6 Å². The normalized spacial score (nSPS) is 11.5. The number of amides is 1. The van der Waals surface area contributed by atoms with Crippen LogP contribution in [0, 0.1) is 11.8 Å². The van der Waals surface area contributed by atoms with E-state index in [-0.39, 0.29) is 12.5 Å². The number of thioether (sulfide) groups is 1.